The fourth-order valence-corrected chi connectivity index (χ4v) is 7.21. The predicted octanol–water partition coefficient (Wildman–Crippen LogP) is 11.9. The molecule has 0 unspecified atom stereocenters. The molecule has 5 aromatic heterocycles. The molecule has 11 rings (SSSR count). The van der Waals surface area contributed by atoms with Gasteiger partial charge in [0.2, 0.25) is 5.71 Å². The molecule has 11 aromatic rings. The van der Waals surface area contributed by atoms with Crippen molar-refractivity contribution < 1.29 is 13.3 Å². The topological polar surface area (TPSA) is 97.5 Å². The molecule has 0 spiro atoms. The molecule has 0 N–H and O–H groups in total. The minimum absolute atomic E-state index is 0.352. The van der Waals surface area contributed by atoms with Gasteiger partial charge in [-0.2, -0.15) is 4.98 Å². The quantitative estimate of drug-likeness (QED) is 0.169. The molecule has 53 heavy (non-hydrogen) atoms. The van der Waals surface area contributed by atoms with Gasteiger partial charge in [0.15, 0.2) is 28.3 Å². The molecule has 0 aliphatic carbocycles. The van der Waals surface area contributed by atoms with Gasteiger partial charge in [0.25, 0.3) is 0 Å². The fourth-order valence-electron chi connectivity index (χ4n) is 7.21. The molecule has 0 saturated heterocycles. The van der Waals surface area contributed by atoms with Gasteiger partial charge in [0, 0.05) is 51.1 Å². The van der Waals surface area contributed by atoms with E-state index in [2.05, 4.69) is 41.5 Å². The van der Waals surface area contributed by atoms with Gasteiger partial charge in [-0.15, -0.1) is 10.2 Å². The Bertz CT molecular complexity index is 2940. The SMILES string of the molecule is c1ccc(N(c2ccc3c(c2)oc2ccccc23)c2cc3oc4nc(N(c5ccccc5)c5ccc6c(c5)oc5ccccc56)cnc4c3nn2)cc1. The van der Waals surface area contributed by atoms with Crippen LogP contribution >= 0.6 is 0 Å². The molecule has 0 aliphatic rings. The van der Waals surface area contributed by atoms with E-state index in [1.807, 2.05) is 125 Å². The number of rotatable bonds is 6. The van der Waals surface area contributed by atoms with Crippen molar-refractivity contribution in [3.05, 3.63) is 158 Å². The lowest BCUT2D eigenvalue weighted by molar-refractivity contribution is 0.651. The van der Waals surface area contributed by atoms with Gasteiger partial charge in [0.1, 0.15) is 22.3 Å². The first-order valence-corrected chi connectivity index (χ1v) is 17.2. The van der Waals surface area contributed by atoms with E-state index in [0.29, 0.717) is 34.0 Å². The summed E-state index contributed by atoms with van der Waals surface area (Å²) in [6.45, 7) is 0. The van der Waals surface area contributed by atoms with Crippen LogP contribution in [0.25, 0.3) is 66.2 Å². The van der Waals surface area contributed by atoms with E-state index in [9.17, 15) is 0 Å². The minimum Gasteiger partial charge on any atom is -0.456 e. The van der Waals surface area contributed by atoms with Crippen LogP contribution < -0.4 is 9.80 Å². The first-order valence-electron chi connectivity index (χ1n) is 17.2. The van der Waals surface area contributed by atoms with E-state index < -0.39 is 0 Å². The minimum atomic E-state index is 0.352. The molecule has 0 bridgehead atoms. The molecular weight excluding hydrogens is 661 g/mol. The number of benzene rings is 6. The normalized spacial score (nSPS) is 11.8. The smallest absolute Gasteiger partial charge is 0.250 e. The molecule has 6 aromatic carbocycles. The maximum absolute atomic E-state index is 6.43. The maximum atomic E-state index is 6.43. The Morgan fingerprint density at radius 3 is 1.51 bits per heavy atom. The highest BCUT2D eigenvalue weighted by Gasteiger charge is 2.22. The highest BCUT2D eigenvalue weighted by Crippen LogP contribution is 2.41. The third kappa shape index (κ3) is 4.71. The molecule has 0 amide bonds. The van der Waals surface area contributed by atoms with Gasteiger partial charge in [-0.1, -0.05) is 72.8 Å². The van der Waals surface area contributed by atoms with Gasteiger partial charge in [-0.3, -0.25) is 9.80 Å². The Kier molecular flexibility index (Phi) is 6.35. The third-order valence-electron chi connectivity index (χ3n) is 9.63. The lowest BCUT2D eigenvalue weighted by Gasteiger charge is -2.23. The van der Waals surface area contributed by atoms with E-state index in [-0.39, 0.29) is 0 Å². The Morgan fingerprint density at radius 1 is 0.377 bits per heavy atom. The summed E-state index contributed by atoms with van der Waals surface area (Å²) in [5.41, 5.74) is 8.73. The Hall–Kier alpha value is -7.52. The lowest BCUT2D eigenvalue weighted by atomic mass is 10.1. The summed E-state index contributed by atoms with van der Waals surface area (Å²) in [7, 11) is 0. The van der Waals surface area contributed by atoms with E-state index in [4.69, 9.17) is 28.3 Å². The van der Waals surface area contributed by atoms with Crippen molar-refractivity contribution >= 4 is 101 Å². The second kappa shape index (κ2) is 11.5. The molecule has 5 heterocycles. The van der Waals surface area contributed by atoms with Crippen LogP contribution in [0.1, 0.15) is 0 Å². The zero-order valence-electron chi connectivity index (χ0n) is 27.9. The first-order chi connectivity index (χ1) is 26.2. The highest BCUT2D eigenvalue weighted by molar-refractivity contribution is 6.07. The van der Waals surface area contributed by atoms with Crippen molar-refractivity contribution in [2.24, 2.45) is 0 Å². The zero-order chi connectivity index (χ0) is 34.9. The van der Waals surface area contributed by atoms with Crippen LogP contribution in [0.3, 0.4) is 0 Å². The Labute approximate surface area is 300 Å². The Morgan fingerprint density at radius 2 is 0.906 bits per heavy atom. The summed E-state index contributed by atoms with van der Waals surface area (Å²) >= 11 is 0. The van der Waals surface area contributed by atoms with Crippen molar-refractivity contribution in [2.45, 2.75) is 0 Å². The van der Waals surface area contributed by atoms with Gasteiger partial charge in [-0.05, 0) is 60.7 Å². The number of para-hydroxylation sites is 4. The summed E-state index contributed by atoms with van der Waals surface area (Å²) < 4.78 is 18.9. The fraction of sp³-hybridized carbons (Fsp3) is 0. The van der Waals surface area contributed by atoms with E-state index >= 15 is 0 Å². The van der Waals surface area contributed by atoms with Crippen molar-refractivity contribution in [1.29, 1.82) is 0 Å². The monoisotopic (exact) mass is 686 g/mol. The van der Waals surface area contributed by atoms with Crippen LogP contribution in [0.2, 0.25) is 0 Å². The van der Waals surface area contributed by atoms with Crippen LogP contribution in [0.15, 0.2) is 171 Å². The van der Waals surface area contributed by atoms with Crippen LogP contribution in [-0.2, 0) is 0 Å². The molecule has 9 heteroatoms. The van der Waals surface area contributed by atoms with Gasteiger partial charge >= 0.3 is 0 Å². The van der Waals surface area contributed by atoms with Crippen molar-refractivity contribution in [1.82, 2.24) is 20.2 Å². The highest BCUT2D eigenvalue weighted by atomic mass is 16.3. The van der Waals surface area contributed by atoms with Crippen molar-refractivity contribution in [3.8, 4) is 0 Å². The lowest BCUT2D eigenvalue weighted by Crippen LogP contribution is -2.12. The number of furan rings is 3. The molecule has 0 radical (unpaired) electrons. The summed E-state index contributed by atoms with van der Waals surface area (Å²) in [6, 6.07) is 50.5. The van der Waals surface area contributed by atoms with Crippen LogP contribution in [-0.4, -0.2) is 20.2 Å². The van der Waals surface area contributed by atoms with Crippen molar-refractivity contribution in [3.63, 3.8) is 0 Å². The van der Waals surface area contributed by atoms with E-state index in [1.54, 1.807) is 6.20 Å². The zero-order valence-corrected chi connectivity index (χ0v) is 27.9. The number of anilines is 6. The van der Waals surface area contributed by atoms with E-state index in [0.717, 1.165) is 66.6 Å². The van der Waals surface area contributed by atoms with Gasteiger partial charge in [0.05, 0.1) is 17.6 Å². The standard InChI is InChI=1S/C44H26N6O3/c1-3-11-27(12-4-1)49(29-19-21-33-31-15-7-9-17-35(31)51-37(33)23-29)40-25-39-42(48-47-40)43-44(53-39)46-41(26-45-43)50(28-13-5-2-6-14-28)30-20-22-34-32-16-8-10-18-36(32)52-38(34)24-30/h1-26H. The third-order valence-corrected chi connectivity index (χ3v) is 9.63. The average molecular weight is 687 g/mol. The second-order valence-corrected chi connectivity index (χ2v) is 12.8. The number of fused-ring (bicyclic) bond motifs is 9. The number of aromatic nitrogens is 4. The average Bonchev–Trinajstić information content (AvgIpc) is 3.89. The number of hydrogen-bond acceptors (Lipinski definition) is 9. The summed E-state index contributed by atoms with van der Waals surface area (Å²) in [5.74, 6) is 1.15. The number of nitrogens with zero attached hydrogens (tertiary/aromatic N) is 6. The number of hydrogen-bond donors (Lipinski definition) is 0. The molecular formula is C44H26N6O3. The first kappa shape index (κ1) is 29.2. The van der Waals surface area contributed by atoms with Gasteiger partial charge in [-0.25, -0.2) is 4.98 Å². The largest absolute Gasteiger partial charge is 0.456 e. The summed E-state index contributed by atoms with van der Waals surface area (Å²) in [4.78, 5) is 13.9. The van der Waals surface area contributed by atoms with E-state index in [1.165, 1.54) is 0 Å². The summed E-state index contributed by atoms with van der Waals surface area (Å²) in [5, 5.41) is 13.6. The summed E-state index contributed by atoms with van der Waals surface area (Å²) in [6.07, 6.45) is 1.74. The molecule has 0 fully saturated rings. The molecule has 0 atom stereocenters. The molecule has 0 saturated carbocycles. The maximum Gasteiger partial charge on any atom is 0.250 e. The van der Waals surface area contributed by atoms with Crippen LogP contribution in [0.5, 0.6) is 0 Å². The molecule has 9 nitrogen and oxygen atoms in total. The van der Waals surface area contributed by atoms with Crippen LogP contribution in [0, 0.1) is 0 Å². The van der Waals surface area contributed by atoms with Crippen molar-refractivity contribution in [2.75, 3.05) is 9.80 Å². The Balaban J connectivity index is 1.03. The van der Waals surface area contributed by atoms with Gasteiger partial charge < -0.3 is 13.3 Å². The van der Waals surface area contributed by atoms with Crippen LogP contribution in [0.4, 0.5) is 34.4 Å². The predicted molar refractivity (Wildman–Crippen MR) is 209 cm³/mol. The molecule has 250 valence electrons. The second-order valence-electron chi connectivity index (χ2n) is 12.8. The molecule has 0 aliphatic heterocycles.